The second-order valence-electron chi connectivity index (χ2n) is 6.97. The molecule has 0 bridgehead atoms. The molecule has 6 heteroatoms. The molecule has 1 N–H and O–H groups in total. The van der Waals surface area contributed by atoms with Crippen LogP contribution >= 0.6 is 0 Å². The van der Waals surface area contributed by atoms with Crippen LogP contribution in [-0.4, -0.2) is 34.5 Å². The van der Waals surface area contributed by atoms with Gasteiger partial charge >= 0.3 is 0 Å². The number of ether oxygens (including phenoxy) is 1. The smallest absolute Gasteiger partial charge is 0.220 e. The number of hydrogen-bond acceptors (Lipinski definition) is 3. The summed E-state index contributed by atoms with van der Waals surface area (Å²) in [7, 11) is 0. The number of benzene rings is 1. The highest BCUT2D eigenvalue weighted by atomic mass is 19.1. The molecule has 0 radical (unpaired) electrons. The molecule has 148 valence electrons. The summed E-state index contributed by atoms with van der Waals surface area (Å²) >= 11 is 0. The van der Waals surface area contributed by atoms with Gasteiger partial charge in [0, 0.05) is 31.3 Å². The number of nitrogens with one attached hydrogen (secondary N) is 1. The van der Waals surface area contributed by atoms with Crippen molar-refractivity contribution in [3.05, 3.63) is 60.2 Å². The number of hydrogen-bond donors (Lipinski definition) is 1. The van der Waals surface area contributed by atoms with Crippen LogP contribution in [0.25, 0.3) is 16.9 Å². The number of halogens is 1. The fraction of sp³-hybridized carbons (Fsp3) is 0.364. The first-order valence-corrected chi connectivity index (χ1v) is 9.65. The van der Waals surface area contributed by atoms with E-state index in [9.17, 15) is 9.18 Å². The number of pyridine rings is 1. The summed E-state index contributed by atoms with van der Waals surface area (Å²) < 4.78 is 20.8. The highest BCUT2D eigenvalue weighted by Gasteiger charge is 2.15. The van der Waals surface area contributed by atoms with Crippen LogP contribution in [0.5, 0.6) is 0 Å². The summed E-state index contributed by atoms with van der Waals surface area (Å²) in [4.78, 5) is 16.9. The lowest BCUT2D eigenvalue weighted by Crippen LogP contribution is -2.26. The third-order valence-corrected chi connectivity index (χ3v) is 4.43. The maximum Gasteiger partial charge on any atom is 0.220 e. The lowest BCUT2D eigenvalue weighted by Gasteiger charge is -2.09. The van der Waals surface area contributed by atoms with Crippen LogP contribution in [-0.2, 0) is 16.0 Å². The van der Waals surface area contributed by atoms with E-state index in [0.717, 1.165) is 29.0 Å². The predicted octanol–water partition coefficient (Wildman–Crippen LogP) is 4.00. The van der Waals surface area contributed by atoms with Crippen molar-refractivity contribution in [2.24, 2.45) is 0 Å². The molecule has 0 aliphatic heterocycles. The van der Waals surface area contributed by atoms with Crippen LogP contribution in [0.1, 0.15) is 32.4 Å². The number of aromatic nitrogens is 2. The lowest BCUT2D eigenvalue weighted by atomic mass is 10.1. The average molecular weight is 383 g/mol. The van der Waals surface area contributed by atoms with Gasteiger partial charge in [-0.15, -0.1) is 0 Å². The topological polar surface area (TPSA) is 55.6 Å². The number of carbonyl (C=O) groups excluding carboxylic acids is 1. The Balaban J connectivity index is 1.67. The van der Waals surface area contributed by atoms with Crippen molar-refractivity contribution in [3.8, 4) is 11.3 Å². The van der Waals surface area contributed by atoms with Gasteiger partial charge in [-0.25, -0.2) is 9.37 Å². The van der Waals surface area contributed by atoms with Crippen LogP contribution in [0.4, 0.5) is 4.39 Å². The molecule has 0 spiro atoms. The molecule has 3 aromatic rings. The van der Waals surface area contributed by atoms with Crippen LogP contribution in [0, 0.1) is 5.82 Å². The molecule has 2 aromatic heterocycles. The van der Waals surface area contributed by atoms with Crippen molar-refractivity contribution in [1.29, 1.82) is 0 Å². The van der Waals surface area contributed by atoms with Crippen LogP contribution in [0.3, 0.4) is 0 Å². The summed E-state index contributed by atoms with van der Waals surface area (Å²) in [6.45, 7) is 5.23. The Labute approximate surface area is 164 Å². The lowest BCUT2D eigenvalue weighted by molar-refractivity contribution is -0.121. The molecule has 3 rings (SSSR count). The zero-order valence-electron chi connectivity index (χ0n) is 16.3. The summed E-state index contributed by atoms with van der Waals surface area (Å²) in [5, 5.41) is 2.94. The van der Waals surface area contributed by atoms with Gasteiger partial charge in [-0.3, -0.25) is 4.79 Å². The molecule has 0 aliphatic rings. The molecule has 0 unspecified atom stereocenters. The fourth-order valence-corrected chi connectivity index (χ4v) is 3.06. The molecule has 1 aromatic carbocycles. The second kappa shape index (κ2) is 9.46. The van der Waals surface area contributed by atoms with Crippen LogP contribution < -0.4 is 5.32 Å². The molecule has 2 heterocycles. The van der Waals surface area contributed by atoms with Gasteiger partial charge in [0.1, 0.15) is 11.5 Å². The van der Waals surface area contributed by atoms with E-state index in [1.54, 1.807) is 12.1 Å². The van der Waals surface area contributed by atoms with Crippen molar-refractivity contribution < 1.29 is 13.9 Å². The van der Waals surface area contributed by atoms with Crippen LogP contribution in [0.15, 0.2) is 48.7 Å². The van der Waals surface area contributed by atoms with Gasteiger partial charge in [0.25, 0.3) is 0 Å². The Kier molecular flexibility index (Phi) is 6.76. The van der Waals surface area contributed by atoms with Gasteiger partial charge in [0.05, 0.1) is 17.5 Å². The molecular weight excluding hydrogens is 357 g/mol. The van der Waals surface area contributed by atoms with E-state index in [1.165, 1.54) is 12.1 Å². The summed E-state index contributed by atoms with van der Waals surface area (Å²) in [5.41, 5.74) is 3.37. The van der Waals surface area contributed by atoms with E-state index in [2.05, 4.69) is 10.3 Å². The summed E-state index contributed by atoms with van der Waals surface area (Å²) in [5.74, 6) is -0.282. The molecular formula is C22H26FN3O2. The zero-order valence-corrected chi connectivity index (χ0v) is 16.3. The predicted molar refractivity (Wildman–Crippen MR) is 108 cm³/mol. The summed E-state index contributed by atoms with van der Waals surface area (Å²) in [6, 6.07) is 12.1. The van der Waals surface area contributed by atoms with E-state index in [-0.39, 0.29) is 17.8 Å². The van der Waals surface area contributed by atoms with Gasteiger partial charge in [-0.05, 0) is 63.1 Å². The summed E-state index contributed by atoms with van der Waals surface area (Å²) in [6.07, 6.45) is 3.84. The molecule has 0 saturated carbocycles. The normalized spacial score (nSPS) is 11.3. The second-order valence-corrected chi connectivity index (χ2v) is 6.97. The molecule has 1 amide bonds. The SMILES string of the molecule is CC(C)OCCCNC(=O)CCc1c(-c2ccc(F)cc2)nc2ccccn12. The van der Waals surface area contributed by atoms with Crippen molar-refractivity contribution in [2.45, 2.75) is 39.2 Å². The first kappa shape index (κ1) is 20.0. The van der Waals surface area contributed by atoms with Crippen LogP contribution in [0.2, 0.25) is 0 Å². The number of fused-ring (bicyclic) bond motifs is 1. The average Bonchev–Trinajstić information content (AvgIpc) is 3.05. The third-order valence-electron chi connectivity index (χ3n) is 4.43. The Morgan fingerprint density at radius 3 is 2.75 bits per heavy atom. The van der Waals surface area contributed by atoms with Crippen molar-refractivity contribution >= 4 is 11.6 Å². The quantitative estimate of drug-likeness (QED) is 0.568. The van der Waals surface area contributed by atoms with Crippen molar-refractivity contribution in [1.82, 2.24) is 14.7 Å². The number of nitrogens with zero attached hydrogens (tertiary/aromatic N) is 2. The zero-order chi connectivity index (χ0) is 19.9. The van der Waals surface area contributed by atoms with Gasteiger partial charge in [0.2, 0.25) is 5.91 Å². The molecule has 0 saturated heterocycles. The Morgan fingerprint density at radius 2 is 2.00 bits per heavy atom. The number of amides is 1. The van der Waals surface area contributed by atoms with E-state index in [4.69, 9.17) is 4.74 Å². The number of carbonyl (C=O) groups is 1. The number of rotatable bonds is 9. The Bertz CT molecular complexity index is 919. The van der Waals surface area contributed by atoms with E-state index >= 15 is 0 Å². The van der Waals surface area contributed by atoms with Gasteiger partial charge < -0.3 is 14.5 Å². The molecule has 0 atom stereocenters. The van der Waals surface area contributed by atoms with Crippen molar-refractivity contribution in [2.75, 3.05) is 13.2 Å². The Hall–Kier alpha value is -2.73. The fourth-order valence-electron chi connectivity index (χ4n) is 3.06. The van der Waals surface area contributed by atoms with Crippen molar-refractivity contribution in [3.63, 3.8) is 0 Å². The minimum Gasteiger partial charge on any atom is -0.379 e. The monoisotopic (exact) mass is 383 g/mol. The van der Waals surface area contributed by atoms with Gasteiger partial charge in [0.15, 0.2) is 0 Å². The van der Waals surface area contributed by atoms with E-state index in [0.29, 0.717) is 26.0 Å². The highest BCUT2D eigenvalue weighted by Crippen LogP contribution is 2.25. The minimum absolute atomic E-state index is 0.000448. The minimum atomic E-state index is -0.283. The molecule has 0 fully saturated rings. The maximum atomic E-state index is 13.3. The van der Waals surface area contributed by atoms with Gasteiger partial charge in [-0.1, -0.05) is 6.07 Å². The highest BCUT2D eigenvalue weighted by molar-refractivity contribution is 5.76. The third kappa shape index (κ3) is 5.16. The first-order chi connectivity index (χ1) is 13.5. The van der Waals surface area contributed by atoms with Gasteiger partial charge in [-0.2, -0.15) is 0 Å². The first-order valence-electron chi connectivity index (χ1n) is 9.65. The molecule has 0 aliphatic carbocycles. The maximum absolute atomic E-state index is 13.3. The largest absolute Gasteiger partial charge is 0.379 e. The van der Waals surface area contributed by atoms with E-state index < -0.39 is 0 Å². The molecule has 5 nitrogen and oxygen atoms in total. The Morgan fingerprint density at radius 1 is 1.21 bits per heavy atom. The number of aryl methyl sites for hydroxylation is 1. The number of imidazole rings is 1. The standard InChI is InChI=1S/C22H26FN3O2/c1-16(2)28-15-5-13-24-21(27)12-11-19-22(17-7-9-18(23)10-8-17)25-20-6-3-4-14-26(19)20/h3-4,6-10,14,16H,5,11-13,15H2,1-2H3,(H,24,27). The van der Waals surface area contributed by atoms with E-state index in [1.807, 2.05) is 42.6 Å². The molecule has 28 heavy (non-hydrogen) atoms.